The van der Waals surface area contributed by atoms with Crippen LogP contribution in [0.4, 0.5) is 0 Å². The molecule has 3 aromatic rings. The van der Waals surface area contributed by atoms with Crippen LogP contribution in [0.1, 0.15) is 5.69 Å². The van der Waals surface area contributed by atoms with E-state index in [-0.39, 0.29) is 19.1 Å². The Bertz CT molecular complexity index is 1060. The minimum atomic E-state index is -0.835. The van der Waals surface area contributed by atoms with Crippen LogP contribution in [-0.2, 0) is 16.1 Å². The quantitative estimate of drug-likeness (QED) is 0.609. The number of para-hydroxylation sites is 3. The van der Waals surface area contributed by atoms with Crippen LogP contribution in [0.3, 0.4) is 0 Å². The first-order valence-corrected chi connectivity index (χ1v) is 9.54. The van der Waals surface area contributed by atoms with Gasteiger partial charge in [0.25, 0.3) is 11.8 Å². The lowest BCUT2D eigenvalue weighted by Crippen LogP contribution is -2.51. The predicted molar refractivity (Wildman–Crippen MR) is 107 cm³/mol. The molecule has 144 valence electrons. The van der Waals surface area contributed by atoms with Gasteiger partial charge in [0.1, 0.15) is 13.2 Å². The van der Waals surface area contributed by atoms with Gasteiger partial charge >= 0.3 is 0 Å². The van der Waals surface area contributed by atoms with Crippen molar-refractivity contribution in [2.24, 2.45) is 0 Å². The second-order valence-corrected chi connectivity index (χ2v) is 7.20. The van der Waals surface area contributed by atoms with Gasteiger partial charge in [-0.15, -0.1) is 0 Å². The van der Waals surface area contributed by atoms with E-state index in [1.807, 2.05) is 41.8 Å². The van der Waals surface area contributed by atoms with Gasteiger partial charge in [0.2, 0.25) is 6.10 Å². The topological polar surface area (TPSA) is 81.6 Å². The average Bonchev–Trinajstić information content (AvgIpc) is 2.96. The summed E-state index contributed by atoms with van der Waals surface area (Å²) in [5.41, 5.74) is 6.72. The van der Waals surface area contributed by atoms with Crippen LogP contribution < -0.4 is 20.3 Å². The summed E-state index contributed by atoms with van der Waals surface area (Å²) >= 11 is 3.57. The Kier molecular flexibility index (Phi) is 4.95. The zero-order valence-electron chi connectivity index (χ0n) is 15.1. The highest BCUT2D eigenvalue weighted by Gasteiger charge is 2.27. The molecule has 0 aliphatic carbocycles. The van der Waals surface area contributed by atoms with E-state index < -0.39 is 12.0 Å². The van der Waals surface area contributed by atoms with Gasteiger partial charge < -0.3 is 14.0 Å². The second-order valence-electron chi connectivity index (χ2n) is 6.40. The van der Waals surface area contributed by atoms with Crippen LogP contribution in [0.25, 0.3) is 10.9 Å². The Morgan fingerprint density at radius 3 is 2.64 bits per heavy atom. The van der Waals surface area contributed by atoms with Gasteiger partial charge in [0.05, 0.1) is 0 Å². The van der Waals surface area contributed by atoms with Gasteiger partial charge in [0.15, 0.2) is 11.5 Å². The summed E-state index contributed by atoms with van der Waals surface area (Å²) in [7, 11) is 0. The molecule has 2 heterocycles. The third-order valence-corrected chi connectivity index (χ3v) is 5.58. The first-order chi connectivity index (χ1) is 13.5. The first kappa shape index (κ1) is 18.4. The van der Waals surface area contributed by atoms with Crippen molar-refractivity contribution in [2.45, 2.75) is 19.6 Å². The van der Waals surface area contributed by atoms with E-state index in [1.54, 1.807) is 18.2 Å². The summed E-state index contributed by atoms with van der Waals surface area (Å²) in [4.78, 5) is 24.7. The molecule has 0 spiro atoms. The Morgan fingerprint density at radius 2 is 1.82 bits per heavy atom. The Balaban J connectivity index is 1.38. The maximum absolute atomic E-state index is 12.4. The van der Waals surface area contributed by atoms with Crippen molar-refractivity contribution in [2.75, 3.05) is 6.61 Å². The number of nitrogens with one attached hydrogen (secondary N) is 2. The van der Waals surface area contributed by atoms with Gasteiger partial charge in [0, 0.05) is 21.1 Å². The Hall–Kier alpha value is -3.00. The van der Waals surface area contributed by atoms with Crippen LogP contribution >= 0.6 is 15.9 Å². The Morgan fingerprint density at radius 1 is 1.11 bits per heavy atom. The number of hydrogen-bond donors (Lipinski definition) is 2. The van der Waals surface area contributed by atoms with E-state index >= 15 is 0 Å². The lowest BCUT2D eigenvalue weighted by Gasteiger charge is -2.25. The van der Waals surface area contributed by atoms with Crippen LogP contribution in [0, 0.1) is 6.92 Å². The van der Waals surface area contributed by atoms with Gasteiger partial charge in [-0.1, -0.05) is 30.3 Å². The highest BCUT2D eigenvalue weighted by atomic mass is 79.9. The highest BCUT2D eigenvalue weighted by molar-refractivity contribution is 9.10. The van der Waals surface area contributed by atoms with Crippen molar-refractivity contribution in [3.63, 3.8) is 0 Å². The first-order valence-electron chi connectivity index (χ1n) is 8.75. The largest absolute Gasteiger partial charge is 0.485 e. The van der Waals surface area contributed by atoms with Gasteiger partial charge in [-0.2, -0.15) is 0 Å². The molecule has 2 N–H and O–H groups in total. The molecular weight excluding hydrogens is 426 g/mol. The highest BCUT2D eigenvalue weighted by Crippen LogP contribution is 2.31. The third-order valence-electron chi connectivity index (χ3n) is 4.58. The predicted octanol–water partition coefficient (Wildman–Crippen LogP) is 2.70. The summed E-state index contributed by atoms with van der Waals surface area (Å²) < 4.78 is 14.0. The molecule has 1 atom stereocenters. The standard InChI is InChI=1S/C20H18BrN3O4/c1-12-19(21)13-6-2-3-7-14(13)24(12)10-18(25)22-23-20(26)17-11-27-15-8-4-5-9-16(15)28-17/h2-9,17H,10-11H2,1H3,(H,22,25)(H,23,26). The molecule has 1 aliphatic heterocycles. The number of rotatable bonds is 3. The number of fused-ring (bicyclic) bond motifs is 2. The van der Waals surface area contributed by atoms with Crippen LogP contribution in [0.5, 0.6) is 11.5 Å². The van der Waals surface area contributed by atoms with E-state index in [1.165, 1.54) is 0 Å². The maximum Gasteiger partial charge on any atom is 0.283 e. The van der Waals surface area contributed by atoms with E-state index in [0.29, 0.717) is 11.5 Å². The van der Waals surface area contributed by atoms with Crippen LogP contribution in [0.2, 0.25) is 0 Å². The number of aromatic nitrogens is 1. The molecule has 28 heavy (non-hydrogen) atoms. The second kappa shape index (κ2) is 7.55. The molecule has 1 aromatic heterocycles. The zero-order chi connectivity index (χ0) is 19.7. The Labute approximate surface area is 169 Å². The number of halogens is 1. The molecule has 0 fully saturated rings. The molecule has 8 heteroatoms. The number of benzene rings is 2. The normalized spacial score (nSPS) is 15.3. The minimum Gasteiger partial charge on any atom is -0.485 e. The molecule has 2 amide bonds. The summed E-state index contributed by atoms with van der Waals surface area (Å²) in [6, 6.07) is 14.9. The summed E-state index contributed by atoms with van der Waals surface area (Å²) in [6.07, 6.45) is -0.835. The summed E-state index contributed by atoms with van der Waals surface area (Å²) in [6.45, 7) is 2.08. The molecule has 0 radical (unpaired) electrons. The average molecular weight is 444 g/mol. The number of carbonyl (C=O) groups is 2. The van der Waals surface area contributed by atoms with Crippen molar-refractivity contribution < 1.29 is 19.1 Å². The van der Waals surface area contributed by atoms with Crippen LogP contribution in [-0.4, -0.2) is 29.1 Å². The number of carbonyl (C=O) groups excluding carboxylic acids is 2. The molecular formula is C20H18BrN3O4. The van der Waals surface area contributed by atoms with Gasteiger partial charge in [-0.3, -0.25) is 20.4 Å². The fraction of sp³-hybridized carbons (Fsp3) is 0.200. The molecule has 0 bridgehead atoms. The molecule has 2 aromatic carbocycles. The van der Waals surface area contributed by atoms with E-state index in [2.05, 4.69) is 26.8 Å². The van der Waals surface area contributed by atoms with Crippen molar-refractivity contribution in [1.82, 2.24) is 15.4 Å². The van der Waals surface area contributed by atoms with Crippen molar-refractivity contribution >= 4 is 38.6 Å². The maximum atomic E-state index is 12.4. The number of nitrogens with zero attached hydrogens (tertiary/aromatic N) is 1. The van der Waals surface area contributed by atoms with E-state index in [0.717, 1.165) is 21.1 Å². The van der Waals surface area contributed by atoms with Gasteiger partial charge in [-0.25, -0.2) is 0 Å². The van der Waals surface area contributed by atoms with Crippen LogP contribution in [0.15, 0.2) is 53.0 Å². The monoisotopic (exact) mass is 443 g/mol. The fourth-order valence-electron chi connectivity index (χ4n) is 3.14. The smallest absolute Gasteiger partial charge is 0.283 e. The molecule has 4 rings (SSSR count). The number of amides is 2. The number of ether oxygens (including phenoxy) is 2. The SMILES string of the molecule is Cc1c(Br)c2ccccc2n1CC(=O)NNC(=O)C1COc2ccccc2O1. The lowest BCUT2D eigenvalue weighted by molar-refractivity contribution is -0.135. The minimum absolute atomic E-state index is 0.0725. The molecule has 1 unspecified atom stereocenters. The van der Waals surface area contributed by atoms with Crippen molar-refractivity contribution in [3.8, 4) is 11.5 Å². The van der Waals surface area contributed by atoms with Gasteiger partial charge in [-0.05, 0) is 41.1 Å². The van der Waals surface area contributed by atoms with E-state index in [9.17, 15) is 9.59 Å². The summed E-state index contributed by atoms with van der Waals surface area (Å²) in [5, 5.41) is 1.03. The fourth-order valence-corrected chi connectivity index (χ4v) is 3.69. The molecule has 0 saturated heterocycles. The van der Waals surface area contributed by atoms with E-state index in [4.69, 9.17) is 9.47 Å². The number of hydrazine groups is 1. The molecule has 1 aliphatic rings. The zero-order valence-corrected chi connectivity index (χ0v) is 16.7. The molecule has 7 nitrogen and oxygen atoms in total. The molecule has 0 saturated carbocycles. The van der Waals surface area contributed by atoms with Crippen molar-refractivity contribution in [1.29, 1.82) is 0 Å². The third kappa shape index (κ3) is 3.43. The van der Waals surface area contributed by atoms with Crippen molar-refractivity contribution in [3.05, 3.63) is 58.7 Å². The summed E-state index contributed by atoms with van der Waals surface area (Å²) in [5.74, 6) is 0.274. The lowest BCUT2D eigenvalue weighted by atomic mass is 10.2. The number of hydrogen-bond acceptors (Lipinski definition) is 4.